The molecule has 1 aliphatic heterocycles. The van der Waals surface area contributed by atoms with E-state index in [4.69, 9.17) is 9.15 Å². The summed E-state index contributed by atoms with van der Waals surface area (Å²) in [5.74, 6) is 1.04. The molecule has 2 heterocycles. The number of aromatic nitrogens is 1. The maximum absolute atomic E-state index is 13.5. The van der Waals surface area contributed by atoms with E-state index in [1.807, 2.05) is 48.5 Å². The minimum absolute atomic E-state index is 0.168. The first-order chi connectivity index (χ1) is 18.5. The van der Waals surface area contributed by atoms with Crippen LogP contribution in [0.15, 0.2) is 117 Å². The molecule has 0 spiro atoms. The number of allylic oxidation sites excluding steroid dienone is 2. The van der Waals surface area contributed by atoms with Gasteiger partial charge >= 0.3 is 0 Å². The highest BCUT2D eigenvalue weighted by atomic mass is 32.2. The van der Waals surface area contributed by atoms with Crippen molar-refractivity contribution in [2.24, 2.45) is 4.99 Å². The largest absolute Gasteiger partial charge is 0.495 e. The van der Waals surface area contributed by atoms with Gasteiger partial charge in [0.15, 0.2) is 15.6 Å². The minimum Gasteiger partial charge on any atom is -0.495 e. The second-order valence-electron chi connectivity index (χ2n) is 8.78. The first-order valence-corrected chi connectivity index (χ1v) is 13.7. The lowest BCUT2D eigenvalue weighted by molar-refractivity contribution is 0.416. The predicted molar refractivity (Wildman–Crippen MR) is 151 cm³/mol. The molecule has 0 saturated carbocycles. The van der Waals surface area contributed by atoms with E-state index >= 15 is 0 Å². The summed E-state index contributed by atoms with van der Waals surface area (Å²) in [7, 11) is -2.15. The van der Waals surface area contributed by atoms with Crippen LogP contribution >= 0.6 is 0 Å². The molecule has 192 valence electrons. The van der Waals surface area contributed by atoms with Crippen LogP contribution in [0.1, 0.15) is 13.3 Å². The summed E-state index contributed by atoms with van der Waals surface area (Å²) in [6.07, 6.45) is 9.04. The average Bonchev–Trinajstić information content (AvgIpc) is 3.25. The normalized spacial score (nSPS) is 14.0. The van der Waals surface area contributed by atoms with Gasteiger partial charge in [0.1, 0.15) is 5.75 Å². The number of nitrogens with zero attached hydrogens (tertiary/aromatic N) is 2. The summed E-state index contributed by atoms with van der Waals surface area (Å²) >= 11 is 0. The first-order valence-electron chi connectivity index (χ1n) is 12.1. The summed E-state index contributed by atoms with van der Waals surface area (Å²) in [5.41, 5.74) is 4.24. The zero-order chi connectivity index (χ0) is 26.5. The van der Waals surface area contributed by atoms with Crippen LogP contribution < -0.4 is 10.1 Å². The quantitative estimate of drug-likeness (QED) is 0.271. The number of sulfone groups is 1. The Bertz CT molecular complexity index is 1640. The van der Waals surface area contributed by atoms with Crippen molar-refractivity contribution in [3.05, 3.63) is 103 Å². The molecule has 1 aliphatic rings. The Balaban J connectivity index is 1.41. The number of methoxy groups -OCH3 is 1. The van der Waals surface area contributed by atoms with Crippen LogP contribution in [-0.2, 0) is 9.84 Å². The van der Waals surface area contributed by atoms with Gasteiger partial charge in [-0.05, 0) is 60.4 Å². The fourth-order valence-electron chi connectivity index (χ4n) is 4.24. The molecule has 4 aromatic rings. The number of oxazole rings is 1. The average molecular weight is 526 g/mol. The SMILES string of the molecule is COc1ccc(S(=O)(=O)C(C)C2=CC=NC=CC2)cc1Nc1ncc(-c2cccc(-c3ccccc3)c2)o1. The molecule has 1 unspecified atom stereocenters. The molecule has 0 aliphatic carbocycles. The Morgan fingerprint density at radius 1 is 0.974 bits per heavy atom. The van der Waals surface area contributed by atoms with E-state index in [0.717, 1.165) is 22.3 Å². The predicted octanol–water partition coefficient (Wildman–Crippen LogP) is 6.84. The van der Waals surface area contributed by atoms with E-state index in [9.17, 15) is 8.42 Å². The summed E-state index contributed by atoms with van der Waals surface area (Å²) in [5, 5.41) is 2.37. The van der Waals surface area contributed by atoms with Crippen LogP contribution in [0.25, 0.3) is 22.5 Å². The second kappa shape index (κ2) is 10.9. The van der Waals surface area contributed by atoms with E-state index in [2.05, 4.69) is 27.4 Å². The number of benzene rings is 3. The lowest BCUT2D eigenvalue weighted by Gasteiger charge is -2.17. The number of ether oxygens (including phenoxy) is 1. The molecular weight excluding hydrogens is 498 g/mol. The molecule has 7 nitrogen and oxygen atoms in total. The topological polar surface area (TPSA) is 93.8 Å². The minimum atomic E-state index is -3.67. The Hall–Kier alpha value is -4.43. The molecule has 1 atom stereocenters. The molecular formula is C30H27N3O4S. The maximum atomic E-state index is 13.5. The Morgan fingerprint density at radius 2 is 1.76 bits per heavy atom. The van der Waals surface area contributed by atoms with Crippen molar-refractivity contribution in [3.8, 4) is 28.2 Å². The number of rotatable bonds is 8. The first kappa shape index (κ1) is 25.2. The molecule has 1 N–H and O–H groups in total. The summed E-state index contributed by atoms with van der Waals surface area (Å²) in [6.45, 7) is 1.69. The zero-order valence-electron chi connectivity index (χ0n) is 21.0. The van der Waals surface area contributed by atoms with Crippen LogP contribution in [0.5, 0.6) is 5.75 Å². The maximum Gasteiger partial charge on any atom is 0.299 e. The van der Waals surface area contributed by atoms with Crippen molar-refractivity contribution in [2.45, 2.75) is 23.5 Å². The van der Waals surface area contributed by atoms with Gasteiger partial charge in [-0.15, -0.1) is 0 Å². The number of aliphatic imine (C=N–C) groups is 1. The van der Waals surface area contributed by atoms with Gasteiger partial charge in [-0.3, -0.25) is 4.99 Å². The van der Waals surface area contributed by atoms with Crippen molar-refractivity contribution < 1.29 is 17.6 Å². The standard InChI is InChI=1S/C30H27N3O4S/c1-21(22-12-7-16-31-17-15-22)38(34,35)26-13-14-28(36-2)27(19-26)33-30-32-20-29(37-30)25-11-6-10-24(18-25)23-8-4-3-5-9-23/h3-11,13-21H,12H2,1-2H3,(H,32,33). The van der Waals surface area contributed by atoms with E-state index in [0.29, 0.717) is 23.6 Å². The third-order valence-electron chi connectivity index (χ3n) is 6.41. The monoisotopic (exact) mass is 525 g/mol. The highest BCUT2D eigenvalue weighted by molar-refractivity contribution is 7.92. The van der Waals surface area contributed by atoms with Crippen molar-refractivity contribution in [3.63, 3.8) is 0 Å². The fourth-order valence-corrected chi connectivity index (χ4v) is 5.76. The smallest absolute Gasteiger partial charge is 0.299 e. The summed E-state index contributed by atoms with van der Waals surface area (Å²) in [6, 6.07) is 23.0. The van der Waals surface area contributed by atoms with Gasteiger partial charge < -0.3 is 14.5 Å². The number of hydrogen-bond acceptors (Lipinski definition) is 7. The lowest BCUT2D eigenvalue weighted by atomic mass is 10.0. The molecule has 0 amide bonds. The van der Waals surface area contributed by atoms with Gasteiger partial charge in [0.2, 0.25) is 0 Å². The highest BCUT2D eigenvalue weighted by Gasteiger charge is 2.27. The lowest BCUT2D eigenvalue weighted by Crippen LogP contribution is -2.20. The van der Waals surface area contributed by atoms with Gasteiger partial charge in [0.05, 0.1) is 29.1 Å². The molecule has 0 radical (unpaired) electrons. The highest BCUT2D eigenvalue weighted by Crippen LogP contribution is 2.34. The third kappa shape index (κ3) is 5.31. The van der Waals surface area contributed by atoms with Gasteiger partial charge in [0, 0.05) is 18.0 Å². The zero-order valence-corrected chi connectivity index (χ0v) is 21.9. The fraction of sp³-hybridized carbons (Fsp3) is 0.133. The van der Waals surface area contributed by atoms with Crippen molar-refractivity contribution >= 4 is 27.8 Å². The summed E-state index contributed by atoms with van der Waals surface area (Å²) < 4.78 is 38.4. The molecule has 3 aromatic carbocycles. The molecule has 8 heteroatoms. The van der Waals surface area contributed by atoms with Crippen LogP contribution in [0, 0.1) is 0 Å². The molecule has 5 rings (SSSR count). The van der Waals surface area contributed by atoms with Gasteiger partial charge in [0.25, 0.3) is 6.01 Å². The van der Waals surface area contributed by atoms with E-state index in [1.54, 1.807) is 49.8 Å². The van der Waals surface area contributed by atoms with E-state index in [-0.39, 0.29) is 10.9 Å². The third-order valence-corrected chi connectivity index (χ3v) is 8.55. The Kier molecular flexibility index (Phi) is 7.24. The van der Waals surface area contributed by atoms with Crippen LogP contribution in [0.2, 0.25) is 0 Å². The molecule has 0 bridgehead atoms. The number of anilines is 2. The van der Waals surface area contributed by atoms with Crippen LogP contribution in [-0.4, -0.2) is 32.0 Å². The molecule has 0 fully saturated rings. The molecule has 0 saturated heterocycles. The van der Waals surface area contributed by atoms with Crippen molar-refractivity contribution in [1.82, 2.24) is 4.98 Å². The van der Waals surface area contributed by atoms with Crippen molar-refractivity contribution in [1.29, 1.82) is 0 Å². The Labute approximate surface area is 222 Å². The van der Waals surface area contributed by atoms with Crippen LogP contribution in [0.3, 0.4) is 0 Å². The van der Waals surface area contributed by atoms with Gasteiger partial charge in [-0.1, -0.05) is 54.6 Å². The summed E-state index contributed by atoms with van der Waals surface area (Å²) in [4.78, 5) is 8.60. The van der Waals surface area contributed by atoms with E-state index < -0.39 is 15.1 Å². The van der Waals surface area contributed by atoms with Gasteiger partial charge in [-0.25, -0.2) is 13.4 Å². The van der Waals surface area contributed by atoms with Gasteiger partial charge in [-0.2, -0.15) is 0 Å². The van der Waals surface area contributed by atoms with Crippen molar-refractivity contribution in [2.75, 3.05) is 12.4 Å². The van der Waals surface area contributed by atoms with Crippen LogP contribution in [0.4, 0.5) is 11.7 Å². The molecule has 38 heavy (non-hydrogen) atoms. The second-order valence-corrected chi connectivity index (χ2v) is 11.0. The molecule has 1 aromatic heterocycles. The Morgan fingerprint density at radius 3 is 2.58 bits per heavy atom. The number of hydrogen-bond donors (Lipinski definition) is 1. The number of nitrogens with one attached hydrogen (secondary N) is 1. The van der Waals surface area contributed by atoms with E-state index in [1.165, 1.54) is 7.11 Å².